The van der Waals surface area contributed by atoms with Gasteiger partial charge >= 0.3 is 12.1 Å². The van der Waals surface area contributed by atoms with E-state index in [9.17, 15) is 14.4 Å². The number of anilines is 2. The number of hydrogen-bond acceptors (Lipinski definition) is 9. The maximum absolute atomic E-state index is 12.3. The molecule has 1 aromatic carbocycles. The Kier molecular flexibility index (Phi) is 8.96. The van der Waals surface area contributed by atoms with Crippen LogP contribution in [0, 0.1) is 5.92 Å². The molecule has 2 aromatic rings. The summed E-state index contributed by atoms with van der Waals surface area (Å²) >= 11 is 0. The van der Waals surface area contributed by atoms with Crippen LogP contribution >= 0.6 is 0 Å². The van der Waals surface area contributed by atoms with Gasteiger partial charge in [0.1, 0.15) is 22.7 Å². The lowest BCUT2D eigenvalue weighted by atomic mass is 9.97. The first-order valence-electron chi connectivity index (χ1n) is 13.7. The van der Waals surface area contributed by atoms with Gasteiger partial charge in [0.2, 0.25) is 5.91 Å². The maximum Gasteiger partial charge on any atom is 0.410 e. The van der Waals surface area contributed by atoms with E-state index in [1.165, 1.54) is 6.20 Å². The summed E-state index contributed by atoms with van der Waals surface area (Å²) in [7, 11) is 0. The van der Waals surface area contributed by atoms with Crippen molar-refractivity contribution in [3.63, 3.8) is 0 Å². The molecule has 3 amide bonds. The van der Waals surface area contributed by atoms with Gasteiger partial charge in [0.05, 0.1) is 0 Å². The molecule has 2 fully saturated rings. The fraction of sp³-hybridized carbons (Fsp3) is 0.536. The topological polar surface area (TPSA) is 143 Å². The second-order valence-corrected chi connectivity index (χ2v) is 11.2. The fourth-order valence-corrected chi connectivity index (χ4v) is 4.73. The van der Waals surface area contributed by atoms with Crippen LogP contribution in [-0.2, 0) is 9.53 Å². The molecule has 0 bridgehead atoms. The molecule has 0 atom stereocenters. The average Bonchev–Trinajstić information content (AvgIpc) is 2.91. The second-order valence-electron chi connectivity index (χ2n) is 11.2. The lowest BCUT2D eigenvalue weighted by Gasteiger charge is -2.35. The van der Waals surface area contributed by atoms with Crippen molar-refractivity contribution in [2.75, 3.05) is 56.0 Å². The smallest absolute Gasteiger partial charge is 0.410 e. The molecule has 12 heteroatoms. The number of amides is 3. The standard InChI is InChI=1S/C28H39N7O5/c1-19(36)33-13-15-34(16-14-33)21-5-7-22(8-6-21)39-26-31-18-23(24(29)37)25(32-26)30-17-20-9-11-35(12-10-20)27(38)40-28(2,3)4/h5-8,18,20H,9-17H2,1-4H3,(H2,29,37)(H,30,31,32). The van der Waals surface area contributed by atoms with Crippen LogP contribution in [0.1, 0.15) is 50.9 Å². The number of piperidine rings is 1. The molecule has 0 aliphatic carbocycles. The van der Waals surface area contributed by atoms with E-state index in [2.05, 4.69) is 20.2 Å². The third-order valence-corrected chi connectivity index (χ3v) is 6.99. The van der Waals surface area contributed by atoms with Crippen LogP contribution in [-0.4, -0.2) is 89.1 Å². The highest BCUT2D eigenvalue weighted by atomic mass is 16.6. The third-order valence-electron chi connectivity index (χ3n) is 6.99. The summed E-state index contributed by atoms with van der Waals surface area (Å²) in [6, 6.07) is 7.68. The van der Waals surface area contributed by atoms with Gasteiger partial charge in [0.25, 0.3) is 5.91 Å². The number of rotatable bonds is 7. The highest BCUT2D eigenvalue weighted by Crippen LogP contribution is 2.26. The zero-order valence-electron chi connectivity index (χ0n) is 23.7. The van der Waals surface area contributed by atoms with Crippen LogP contribution < -0.4 is 20.7 Å². The van der Waals surface area contributed by atoms with Crippen LogP contribution in [0.3, 0.4) is 0 Å². The molecule has 40 heavy (non-hydrogen) atoms. The quantitative estimate of drug-likeness (QED) is 0.529. The van der Waals surface area contributed by atoms with Gasteiger partial charge in [-0.05, 0) is 63.8 Å². The zero-order chi connectivity index (χ0) is 28.9. The first-order valence-corrected chi connectivity index (χ1v) is 13.7. The molecule has 0 spiro atoms. The number of nitrogens with zero attached hydrogens (tertiary/aromatic N) is 5. The predicted molar refractivity (Wildman–Crippen MR) is 151 cm³/mol. The van der Waals surface area contributed by atoms with E-state index in [-0.39, 0.29) is 29.5 Å². The van der Waals surface area contributed by atoms with Gasteiger partial charge in [-0.2, -0.15) is 4.98 Å². The van der Waals surface area contributed by atoms with Gasteiger partial charge < -0.3 is 35.2 Å². The molecule has 2 aliphatic rings. The Hall–Kier alpha value is -4.09. The summed E-state index contributed by atoms with van der Waals surface area (Å²) in [5.41, 5.74) is 6.25. The molecule has 0 radical (unpaired) electrons. The summed E-state index contributed by atoms with van der Waals surface area (Å²) in [4.78, 5) is 50.3. The Morgan fingerprint density at radius 3 is 2.23 bits per heavy atom. The van der Waals surface area contributed by atoms with Gasteiger partial charge in [-0.1, -0.05) is 0 Å². The van der Waals surface area contributed by atoms with Gasteiger partial charge in [0, 0.05) is 64.6 Å². The monoisotopic (exact) mass is 553 g/mol. The predicted octanol–water partition coefficient (Wildman–Crippen LogP) is 3.10. The fourth-order valence-electron chi connectivity index (χ4n) is 4.73. The number of carbonyl (C=O) groups excluding carboxylic acids is 3. The van der Waals surface area contributed by atoms with Crippen LogP contribution in [0.4, 0.5) is 16.3 Å². The minimum absolute atomic E-state index is 0.0927. The van der Waals surface area contributed by atoms with Crippen LogP contribution in [0.15, 0.2) is 30.5 Å². The minimum atomic E-state index is -0.636. The van der Waals surface area contributed by atoms with Gasteiger partial charge in [0.15, 0.2) is 0 Å². The van der Waals surface area contributed by atoms with E-state index in [4.69, 9.17) is 15.2 Å². The molecule has 4 rings (SSSR count). The van der Waals surface area contributed by atoms with Gasteiger partial charge in [-0.3, -0.25) is 9.59 Å². The molecule has 3 heterocycles. The second kappa shape index (κ2) is 12.4. The van der Waals surface area contributed by atoms with Crippen LogP contribution in [0.2, 0.25) is 0 Å². The number of primary amides is 1. The molecular weight excluding hydrogens is 514 g/mol. The Bertz CT molecular complexity index is 1200. The number of hydrogen-bond donors (Lipinski definition) is 2. The van der Waals surface area contributed by atoms with Crippen molar-refractivity contribution in [3.8, 4) is 11.8 Å². The highest BCUT2D eigenvalue weighted by molar-refractivity contribution is 5.97. The summed E-state index contributed by atoms with van der Waals surface area (Å²) in [6.45, 7) is 11.9. The van der Waals surface area contributed by atoms with Crippen molar-refractivity contribution in [2.24, 2.45) is 11.7 Å². The van der Waals surface area contributed by atoms with E-state index >= 15 is 0 Å². The Labute approximate surface area is 234 Å². The largest absolute Gasteiger partial charge is 0.444 e. The Morgan fingerprint density at radius 2 is 1.65 bits per heavy atom. The van der Waals surface area contributed by atoms with Crippen LogP contribution in [0.25, 0.3) is 0 Å². The summed E-state index contributed by atoms with van der Waals surface area (Å²) in [5.74, 6) is 0.611. The first-order chi connectivity index (χ1) is 19.0. The lowest BCUT2D eigenvalue weighted by Crippen LogP contribution is -2.48. The van der Waals surface area contributed by atoms with Gasteiger partial charge in [-0.25, -0.2) is 9.78 Å². The summed E-state index contributed by atoms with van der Waals surface area (Å²) in [6.07, 6.45) is 2.66. The molecule has 0 saturated carbocycles. The summed E-state index contributed by atoms with van der Waals surface area (Å²) < 4.78 is 11.3. The van der Waals surface area contributed by atoms with E-state index < -0.39 is 11.5 Å². The maximum atomic E-state index is 12.3. The molecule has 3 N–H and O–H groups in total. The van der Waals surface area contributed by atoms with E-state index in [1.807, 2.05) is 49.9 Å². The number of nitrogens with two attached hydrogens (primary N) is 1. The number of carbonyl (C=O) groups is 3. The van der Waals surface area contributed by atoms with E-state index in [0.29, 0.717) is 44.3 Å². The van der Waals surface area contributed by atoms with Crippen molar-refractivity contribution in [1.29, 1.82) is 0 Å². The third kappa shape index (κ3) is 7.73. The minimum Gasteiger partial charge on any atom is -0.444 e. The lowest BCUT2D eigenvalue weighted by molar-refractivity contribution is -0.129. The van der Waals surface area contributed by atoms with Crippen molar-refractivity contribution < 1.29 is 23.9 Å². The zero-order valence-corrected chi connectivity index (χ0v) is 23.7. The molecule has 216 valence electrons. The first kappa shape index (κ1) is 28.9. The average molecular weight is 554 g/mol. The number of piperazine rings is 1. The molecule has 2 saturated heterocycles. The molecule has 1 aromatic heterocycles. The number of ether oxygens (including phenoxy) is 2. The number of benzene rings is 1. The van der Waals surface area contributed by atoms with Crippen molar-refractivity contribution >= 4 is 29.4 Å². The normalized spacial score (nSPS) is 16.4. The SMILES string of the molecule is CC(=O)N1CCN(c2ccc(Oc3ncc(C(N)=O)c(NCC4CCN(C(=O)OC(C)(C)C)CC4)n3)cc2)CC1. The molecule has 0 unspecified atom stereocenters. The molecule has 2 aliphatic heterocycles. The molecular formula is C28H39N7O5. The highest BCUT2D eigenvalue weighted by Gasteiger charge is 2.27. The van der Waals surface area contributed by atoms with Crippen molar-refractivity contribution in [1.82, 2.24) is 19.8 Å². The Balaban J connectivity index is 1.33. The van der Waals surface area contributed by atoms with E-state index in [0.717, 1.165) is 31.6 Å². The number of aromatic nitrogens is 2. The summed E-state index contributed by atoms with van der Waals surface area (Å²) in [5, 5.41) is 3.24. The number of likely N-dealkylation sites (tertiary alicyclic amines) is 1. The van der Waals surface area contributed by atoms with Crippen molar-refractivity contribution in [2.45, 2.75) is 46.1 Å². The van der Waals surface area contributed by atoms with Crippen molar-refractivity contribution in [3.05, 3.63) is 36.0 Å². The molecule has 12 nitrogen and oxygen atoms in total. The Morgan fingerprint density at radius 1 is 1.00 bits per heavy atom. The van der Waals surface area contributed by atoms with E-state index in [1.54, 1.807) is 11.8 Å². The number of nitrogens with one attached hydrogen (secondary N) is 1. The van der Waals surface area contributed by atoms with Gasteiger partial charge in [-0.15, -0.1) is 0 Å². The van der Waals surface area contributed by atoms with Crippen LogP contribution in [0.5, 0.6) is 11.8 Å².